The minimum Gasteiger partial charge on any atom is -0.481 e. The summed E-state index contributed by atoms with van der Waals surface area (Å²) in [6.07, 6.45) is 5.43. The number of nitrogens with one attached hydrogen (secondary N) is 1. The maximum absolute atomic E-state index is 10.3. The molecule has 0 unspecified atom stereocenters. The Bertz CT molecular complexity index is 410. The molecule has 0 aliphatic carbocycles. The Balaban J connectivity index is 2.21. The van der Waals surface area contributed by atoms with E-state index in [0.717, 1.165) is 43.6 Å². The smallest absolute Gasteiger partial charge is 0.303 e. The van der Waals surface area contributed by atoms with Crippen molar-refractivity contribution in [1.82, 2.24) is 9.97 Å². The van der Waals surface area contributed by atoms with Crippen LogP contribution in [-0.4, -0.2) is 34.7 Å². The molecule has 0 bridgehead atoms. The number of aromatic nitrogens is 2. The van der Waals surface area contributed by atoms with Crippen LogP contribution in [0.3, 0.4) is 0 Å². The molecule has 6 heteroatoms. The summed E-state index contributed by atoms with van der Waals surface area (Å²) in [6, 6.07) is 0. The molecule has 0 aliphatic rings. The van der Waals surface area contributed by atoms with Crippen LogP contribution in [-0.2, 0) is 4.79 Å². The predicted molar refractivity (Wildman–Crippen MR) is 72.5 cm³/mol. The van der Waals surface area contributed by atoms with Crippen LogP contribution >= 0.6 is 0 Å². The molecule has 0 amide bonds. The maximum atomic E-state index is 10.3. The van der Waals surface area contributed by atoms with Crippen molar-refractivity contribution in [3.8, 4) is 5.88 Å². The van der Waals surface area contributed by atoms with Crippen LogP contribution in [0.15, 0.2) is 6.33 Å². The first kappa shape index (κ1) is 15.2. The van der Waals surface area contributed by atoms with Gasteiger partial charge in [-0.2, -0.15) is 0 Å². The normalized spacial score (nSPS) is 10.2. The standard InChI is InChI=1S/C13H21N3O3/c1-10-12(15-9-16-13(10)19-2)14-8-6-4-3-5-7-11(17)18/h9H,3-8H2,1-2H3,(H,17,18)(H,14,15,16). The summed E-state index contributed by atoms with van der Waals surface area (Å²) in [7, 11) is 1.58. The number of nitrogens with zero attached hydrogens (tertiary/aromatic N) is 2. The number of unbranched alkanes of at least 4 members (excludes halogenated alkanes) is 3. The molecule has 106 valence electrons. The number of ether oxygens (including phenoxy) is 1. The molecule has 0 aromatic carbocycles. The molecular formula is C13H21N3O3. The average molecular weight is 267 g/mol. The van der Waals surface area contributed by atoms with E-state index in [-0.39, 0.29) is 6.42 Å². The minimum absolute atomic E-state index is 0.260. The Labute approximate surface area is 113 Å². The van der Waals surface area contributed by atoms with Gasteiger partial charge in [0.25, 0.3) is 0 Å². The number of rotatable bonds is 9. The van der Waals surface area contributed by atoms with Crippen LogP contribution in [0.25, 0.3) is 0 Å². The first-order valence-corrected chi connectivity index (χ1v) is 6.46. The van der Waals surface area contributed by atoms with Gasteiger partial charge < -0.3 is 15.2 Å². The second kappa shape index (κ2) is 8.29. The van der Waals surface area contributed by atoms with E-state index in [0.29, 0.717) is 5.88 Å². The second-order valence-corrected chi connectivity index (χ2v) is 4.34. The van der Waals surface area contributed by atoms with Crippen molar-refractivity contribution in [1.29, 1.82) is 0 Å². The monoisotopic (exact) mass is 267 g/mol. The summed E-state index contributed by atoms with van der Waals surface area (Å²) < 4.78 is 5.12. The lowest BCUT2D eigenvalue weighted by atomic mass is 10.1. The molecule has 0 saturated carbocycles. The van der Waals surface area contributed by atoms with Gasteiger partial charge in [-0.15, -0.1) is 0 Å². The highest BCUT2D eigenvalue weighted by Gasteiger charge is 2.05. The van der Waals surface area contributed by atoms with E-state index in [4.69, 9.17) is 9.84 Å². The van der Waals surface area contributed by atoms with Crippen molar-refractivity contribution in [2.24, 2.45) is 0 Å². The summed E-state index contributed by atoms with van der Waals surface area (Å²) in [4.78, 5) is 18.5. The van der Waals surface area contributed by atoms with E-state index in [2.05, 4.69) is 15.3 Å². The van der Waals surface area contributed by atoms with Crippen LogP contribution in [0.5, 0.6) is 5.88 Å². The third-order valence-corrected chi connectivity index (χ3v) is 2.84. The molecule has 0 spiro atoms. The van der Waals surface area contributed by atoms with Gasteiger partial charge in [0, 0.05) is 13.0 Å². The zero-order valence-corrected chi connectivity index (χ0v) is 11.5. The molecule has 1 aromatic rings. The molecule has 0 radical (unpaired) electrons. The molecule has 0 atom stereocenters. The van der Waals surface area contributed by atoms with E-state index in [1.54, 1.807) is 7.11 Å². The zero-order chi connectivity index (χ0) is 14.1. The summed E-state index contributed by atoms with van der Waals surface area (Å²) in [5, 5.41) is 11.7. The molecule has 0 saturated heterocycles. The van der Waals surface area contributed by atoms with Crippen molar-refractivity contribution < 1.29 is 14.6 Å². The van der Waals surface area contributed by atoms with Gasteiger partial charge in [0.1, 0.15) is 12.1 Å². The van der Waals surface area contributed by atoms with Crippen molar-refractivity contribution in [3.63, 3.8) is 0 Å². The fraction of sp³-hybridized carbons (Fsp3) is 0.615. The van der Waals surface area contributed by atoms with Gasteiger partial charge in [-0.25, -0.2) is 9.97 Å². The fourth-order valence-corrected chi connectivity index (χ4v) is 1.78. The minimum atomic E-state index is -0.721. The highest BCUT2D eigenvalue weighted by Crippen LogP contribution is 2.19. The number of aliphatic carboxylic acids is 1. The first-order chi connectivity index (χ1) is 9.15. The fourth-order valence-electron chi connectivity index (χ4n) is 1.78. The number of anilines is 1. The summed E-state index contributed by atoms with van der Waals surface area (Å²) >= 11 is 0. The van der Waals surface area contributed by atoms with E-state index in [9.17, 15) is 4.79 Å². The Morgan fingerprint density at radius 2 is 2.05 bits per heavy atom. The molecule has 1 heterocycles. The maximum Gasteiger partial charge on any atom is 0.303 e. The van der Waals surface area contributed by atoms with Crippen molar-refractivity contribution in [2.45, 2.75) is 39.0 Å². The number of hydrogen-bond acceptors (Lipinski definition) is 5. The molecule has 1 rings (SSSR count). The van der Waals surface area contributed by atoms with Gasteiger partial charge in [-0.3, -0.25) is 4.79 Å². The van der Waals surface area contributed by atoms with E-state index in [1.165, 1.54) is 6.33 Å². The Kier molecular flexibility index (Phi) is 6.63. The first-order valence-electron chi connectivity index (χ1n) is 6.46. The van der Waals surface area contributed by atoms with Crippen molar-refractivity contribution in [3.05, 3.63) is 11.9 Å². The highest BCUT2D eigenvalue weighted by molar-refractivity contribution is 5.66. The van der Waals surface area contributed by atoms with Crippen molar-refractivity contribution >= 4 is 11.8 Å². The van der Waals surface area contributed by atoms with Gasteiger partial charge in [-0.1, -0.05) is 12.8 Å². The van der Waals surface area contributed by atoms with Crippen LogP contribution in [0.2, 0.25) is 0 Å². The highest BCUT2D eigenvalue weighted by atomic mass is 16.5. The Morgan fingerprint density at radius 3 is 2.74 bits per heavy atom. The third kappa shape index (κ3) is 5.54. The van der Waals surface area contributed by atoms with Gasteiger partial charge in [0.2, 0.25) is 5.88 Å². The molecule has 19 heavy (non-hydrogen) atoms. The van der Waals surface area contributed by atoms with Crippen LogP contribution < -0.4 is 10.1 Å². The number of carbonyl (C=O) groups is 1. The zero-order valence-electron chi connectivity index (χ0n) is 11.5. The average Bonchev–Trinajstić information content (AvgIpc) is 2.39. The quantitative estimate of drug-likeness (QED) is 0.667. The van der Waals surface area contributed by atoms with E-state index in [1.807, 2.05) is 6.92 Å². The lowest BCUT2D eigenvalue weighted by Crippen LogP contribution is -2.06. The molecule has 2 N–H and O–H groups in total. The number of carboxylic acid groups (broad SMARTS) is 1. The third-order valence-electron chi connectivity index (χ3n) is 2.84. The molecule has 6 nitrogen and oxygen atoms in total. The van der Waals surface area contributed by atoms with Gasteiger partial charge in [-0.05, 0) is 19.8 Å². The van der Waals surface area contributed by atoms with Crippen molar-refractivity contribution in [2.75, 3.05) is 19.0 Å². The lowest BCUT2D eigenvalue weighted by molar-refractivity contribution is -0.137. The molecule has 0 aliphatic heterocycles. The predicted octanol–water partition coefficient (Wildman–Crippen LogP) is 2.24. The second-order valence-electron chi connectivity index (χ2n) is 4.34. The summed E-state index contributed by atoms with van der Waals surface area (Å²) in [5.41, 5.74) is 0.899. The van der Waals surface area contributed by atoms with Crippen LogP contribution in [0.4, 0.5) is 5.82 Å². The summed E-state index contributed by atoms with van der Waals surface area (Å²) in [6.45, 7) is 2.72. The van der Waals surface area contributed by atoms with E-state index < -0.39 is 5.97 Å². The van der Waals surface area contributed by atoms with Gasteiger partial charge in [0.15, 0.2) is 0 Å². The number of methoxy groups -OCH3 is 1. The molecule has 1 aromatic heterocycles. The van der Waals surface area contributed by atoms with Gasteiger partial charge in [0.05, 0.1) is 12.7 Å². The topological polar surface area (TPSA) is 84.3 Å². The van der Waals surface area contributed by atoms with Crippen LogP contribution in [0.1, 0.15) is 37.7 Å². The SMILES string of the molecule is COc1ncnc(NCCCCCCC(=O)O)c1C. The largest absolute Gasteiger partial charge is 0.481 e. The number of hydrogen-bond donors (Lipinski definition) is 2. The molecular weight excluding hydrogens is 246 g/mol. The molecule has 0 fully saturated rings. The summed E-state index contributed by atoms with van der Waals surface area (Å²) in [5.74, 6) is 0.651. The van der Waals surface area contributed by atoms with Gasteiger partial charge >= 0.3 is 5.97 Å². The van der Waals surface area contributed by atoms with Crippen LogP contribution in [0, 0.1) is 6.92 Å². The lowest BCUT2D eigenvalue weighted by Gasteiger charge is -2.10. The Hall–Kier alpha value is -1.85. The van der Waals surface area contributed by atoms with E-state index >= 15 is 0 Å². The Morgan fingerprint density at radius 1 is 1.32 bits per heavy atom. The number of carboxylic acids is 1.